The van der Waals surface area contributed by atoms with Crippen molar-refractivity contribution in [3.8, 4) is 5.75 Å². The highest BCUT2D eigenvalue weighted by Crippen LogP contribution is 2.15. The summed E-state index contributed by atoms with van der Waals surface area (Å²) < 4.78 is 16.6. The predicted octanol–water partition coefficient (Wildman–Crippen LogP) is 4.10. The third-order valence-corrected chi connectivity index (χ3v) is 3.77. The average molecular weight is 339 g/mol. The highest BCUT2D eigenvalue weighted by molar-refractivity contribution is 5.77. The zero-order chi connectivity index (χ0) is 17.6. The summed E-state index contributed by atoms with van der Waals surface area (Å²) in [7, 11) is 0. The third kappa shape index (κ3) is 4.76. The van der Waals surface area contributed by atoms with Gasteiger partial charge in [0.05, 0.1) is 19.4 Å². The Hall–Kier alpha value is -2.95. The Balaban J connectivity index is 1.67. The van der Waals surface area contributed by atoms with Gasteiger partial charge in [-0.3, -0.25) is 4.79 Å². The third-order valence-electron chi connectivity index (χ3n) is 3.77. The lowest BCUT2D eigenvalue weighted by atomic mass is 10.2. The van der Waals surface area contributed by atoms with E-state index in [0.717, 1.165) is 17.1 Å². The summed E-state index contributed by atoms with van der Waals surface area (Å²) in [5.74, 6) is 2.81. The summed E-state index contributed by atoms with van der Waals surface area (Å²) in [5.41, 5.74) is 1.09. The van der Waals surface area contributed by atoms with Crippen molar-refractivity contribution in [2.24, 2.45) is 0 Å². The van der Waals surface area contributed by atoms with Crippen LogP contribution in [0.4, 0.5) is 0 Å². The van der Waals surface area contributed by atoms with Gasteiger partial charge in [0.25, 0.3) is 5.91 Å². The van der Waals surface area contributed by atoms with Crippen LogP contribution in [0.2, 0.25) is 0 Å². The number of amides is 1. The lowest BCUT2D eigenvalue weighted by molar-refractivity contribution is -0.135. The largest absolute Gasteiger partial charge is 0.484 e. The van der Waals surface area contributed by atoms with E-state index in [1.165, 1.54) is 0 Å². The Labute approximate surface area is 146 Å². The van der Waals surface area contributed by atoms with Crippen molar-refractivity contribution in [2.75, 3.05) is 6.61 Å². The van der Waals surface area contributed by atoms with E-state index in [9.17, 15) is 4.79 Å². The van der Waals surface area contributed by atoms with Crippen LogP contribution in [0.25, 0.3) is 0 Å². The summed E-state index contributed by atoms with van der Waals surface area (Å²) in [6.45, 7) is 4.55. The first kappa shape index (κ1) is 16.9. The number of carbonyl (C=O) groups excluding carboxylic acids is 1. The number of ether oxygens (including phenoxy) is 1. The van der Waals surface area contributed by atoms with Gasteiger partial charge < -0.3 is 18.5 Å². The smallest absolute Gasteiger partial charge is 0.261 e. The maximum Gasteiger partial charge on any atom is 0.261 e. The van der Waals surface area contributed by atoms with Gasteiger partial charge in [0.2, 0.25) is 0 Å². The van der Waals surface area contributed by atoms with Crippen LogP contribution in [-0.4, -0.2) is 17.4 Å². The van der Waals surface area contributed by atoms with Crippen molar-refractivity contribution in [1.82, 2.24) is 4.90 Å². The molecule has 2 heterocycles. The first-order valence-corrected chi connectivity index (χ1v) is 8.15. The van der Waals surface area contributed by atoms with Crippen LogP contribution in [-0.2, 0) is 17.9 Å². The molecular weight excluding hydrogens is 318 g/mol. The van der Waals surface area contributed by atoms with Crippen molar-refractivity contribution >= 4 is 5.91 Å². The molecule has 0 radical (unpaired) electrons. The summed E-state index contributed by atoms with van der Waals surface area (Å²) in [4.78, 5) is 14.3. The Kier molecular flexibility index (Phi) is 5.23. The zero-order valence-corrected chi connectivity index (χ0v) is 14.4. The van der Waals surface area contributed by atoms with Gasteiger partial charge in [0.1, 0.15) is 23.0 Å². The molecule has 2 aromatic heterocycles. The molecule has 25 heavy (non-hydrogen) atoms. The molecule has 0 unspecified atom stereocenters. The van der Waals surface area contributed by atoms with E-state index in [1.807, 2.05) is 56.3 Å². The number of carbonyl (C=O) groups is 1. The number of aryl methyl sites for hydroxylation is 2. The Morgan fingerprint density at radius 1 is 1.04 bits per heavy atom. The van der Waals surface area contributed by atoms with E-state index < -0.39 is 0 Å². The average Bonchev–Trinajstić information content (AvgIpc) is 3.24. The summed E-state index contributed by atoms with van der Waals surface area (Å²) in [6.07, 6.45) is 1.60. The summed E-state index contributed by atoms with van der Waals surface area (Å²) in [5, 5.41) is 0. The van der Waals surface area contributed by atoms with Crippen LogP contribution < -0.4 is 4.74 Å². The molecule has 5 heteroatoms. The number of hydrogen-bond acceptors (Lipinski definition) is 4. The quantitative estimate of drug-likeness (QED) is 0.650. The topological polar surface area (TPSA) is 55.8 Å². The van der Waals surface area contributed by atoms with Crippen LogP contribution >= 0.6 is 0 Å². The molecule has 0 aliphatic heterocycles. The minimum absolute atomic E-state index is 0.0378. The standard InChI is InChI=1S/C20H21NO4/c1-15-5-3-6-17(11-15)24-14-20(22)21(12-18-7-4-10-23-18)13-19-9-8-16(2)25-19/h3-11H,12-14H2,1-2H3. The van der Waals surface area contributed by atoms with Gasteiger partial charge in [-0.25, -0.2) is 0 Å². The molecule has 130 valence electrons. The molecule has 0 fully saturated rings. The van der Waals surface area contributed by atoms with Crippen LogP contribution in [0.15, 0.2) is 63.6 Å². The van der Waals surface area contributed by atoms with Crippen LogP contribution in [0.3, 0.4) is 0 Å². The van der Waals surface area contributed by atoms with E-state index in [0.29, 0.717) is 24.6 Å². The van der Waals surface area contributed by atoms with E-state index in [2.05, 4.69) is 0 Å². The molecule has 0 bridgehead atoms. The first-order chi connectivity index (χ1) is 12.1. The Morgan fingerprint density at radius 2 is 1.88 bits per heavy atom. The molecule has 0 atom stereocenters. The van der Waals surface area contributed by atoms with Gasteiger partial charge in [-0.05, 0) is 55.8 Å². The van der Waals surface area contributed by atoms with Gasteiger partial charge in [-0.15, -0.1) is 0 Å². The minimum Gasteiger partial charge on any atom is -0.484 e. The molecule has 1 amide bonds. The van der Waals surface area contributed by atoms with Gasteiger partial charge in [0, 0.05) is 0 Å². The first-order valence-electron chi connectivity index (χ1n) is 8.15. The van der Waals surface area contributed by atoms with Gasteiger partial charge in [0.15, 0.2) is 6.61 Å². The molecule has 0 aliphatic rings. The van der Waals surface area contributed by atoms with Crippen LogP contribution in [0.5, 0.6) is 5.75 Å². The fourth-order valence-corrected chi connectivity index (χ4v) is 2.52. The number of rotatable bonds is 7. The van der Waals surface area contributed by atoms with E-state index in [4.69, 9.17) is 13.6 Å². The molecule has 5 nitrogen and oxygen atoms in total. The van der Waals surface area contributed by atoms with Crippen molar-refractivity contribution in [2.45, 2.75) is 26.9 Å². The van der Waals surface area contributed by atoms with Crippen molar-refractivity contribution in [3.63, 3.8) is 0 Å². The predicted molar refractivity (Wildman–Crippen MR) is 93.1 cm³/mol. The van der Waals surface area contributed by atoms with Crippen molar-refractivity contribution in [3.05, 3.63) is 77.6 Å². The highest BCUT2D eigenvalue weighted by Gasteiger charge is 2.18. The van der Waals surface area contributed by atoms with E-state index in [-0.39, 0.29) is 12.5 Å². The molecule has 0 N–H and O–H groups in total. The van der Waals surface area contributed by atoms with Gasteiger partial charge in [-0.1, -0.05) is 12.1 Å². The van der Waals surface area contributed by atoms with E-state index in [1.54, 1.807) is 17.2 Å². The van der Waals surface area contributed by atoms with Crippen LogP contribution in [0.1, 0.15) is 22.8 Å². The maximum absolute atomic E-state index is 12.7. The monoisotopic (exact) mass is 339 g/mol. The molecule has 0 saturated heterocycles. The zero-order valence-electron chi connectivity index (χ0n) is 14.4. The minimum atomic E-state index is -0.132. The second kappa shape index (κ2) is 7.75. The van der Waals surface area contributed by atoms with Crippen molar-refractivity contribution in [1.29, 1.82) is 0 Å². The highest BCUT2D eigenvalue weighted by atomic mass is 16.5. The number of nitrogens with zero attached hydrogens (tertiary/aromatic N) is 1. The number of furan rings is 2. The second-order valence-corrected chi connectivity index (χ2v) is 5.95. The molecular formula is C20H21NO4. The van der Waals surface area contributed by atoms with E-state index >= 15 is 0 Å². The van der Waals surface area contributed by atoms with Gasteiger partial charge >= 0.3 is 0 Å². The molecule has 1 aromatic carbocycles. The van der Waals surface area contributed by atoms with Crippen molar-refractivity contribution < 1.29 is 18.4 Å². The summed E-state index contributed by atoms with van der Waals surface area (Å²) >= 11 is 0. The molecule has 0 saturated carbocycles. The molecule has 3 aromatic rings. The second-order valence-electron chi connectivity index (χ2n) is 5.95. The number of hydrogen-bond donors (Lipinski definition) is 0. The Bertz CT molecular complexity index is 820. The summed E-state index contributed by atoms with van der Waals surface area (Å²) in [6, 6.07) is 15.0. The Morgan fingerprint density at radius 3 is 2.56 bits per heavy atom. The fraction of sp³-hybridized carbons (Fsp3) is 0.250. The molecule has 0 spiro atoms. The van der Waals surface area contributed by atoms with Gasteiger partial charge in [-0.2, -0.15) is 0 Å². The molecule has 3 rings (SSSR count). The van der Waals surface area contributed by atoms with Crippen LogP contribution in [0, 0.1) is 13.8 Å². The maximum atomic E-state index is 12.7. The number of benzene rings is 1. The normalized spacial score (nSPS) is 10.6. The molecule has 0 aliphatic carbocycles. The SMILES string of the molecule is Cc1cccc(OCC(=O)N(Cc2ccco2)Cc2ccc(C)o2)c1. The fourth-order valence-electron chi connectivity index (χ4n) is 2.52. The lowest BCUT2D eigenvalue weighted by Crippen LogP contribution is -2.33. The lowest BCUT2D eigenvalue weighted by Gasteiger charge is -2.21.